The van der Waals surface area contributed by atoms with Gasteiger partial charge in [-0.25, -0.2) is 4.39 Å². The van der Waals surface area contributed by atoms with Crippen molar-refractivity contribution in [3.05, 3.63) is 33.6 Å². The fourth-order valence-corrected chi connectivity index (χ4v) is 1.23. The zero-order valence-electron chi connectivity index (χ0n) is 6.78. The van der Waals surface area contributed by atoms with Crippen LogP contribution in [-0.2, 0) is 0 Å². The molecule has 0 aliphatic rings. The minimum Gasteiger partial charge on any atom is -0.204 e. The molecule has 0 amide bonds. The molecule has 1 aromatic carbocycles. The monoisotopic (exact) mass is 183 g/mol. The third kappa shape index (κ3) is 1.28. The summed E-state index contributed by atoms with van der Waals surface area (Å²) in [7, 11) is 0. The Kier molecular flexibility index (Phi) is 2.35. The van der Waals surface area contributed by atoms with Gasteiger partial charge in [-0.05, 0) is 31.0 Å². The van der Waals surface area contributed by atoms with E-state index in [1.165, 1.54) is 6.07 Å². The molecule has 1 aromatic rings. The topological polar surface area (TPSA) is 23.8 Å². The van der Waals surface area contributed by atoms with E-state index in [0.717, 1.165) is 5.56 Å². The molecule has 0 bridgehead atoms. The number of hydrogen-bond donors (Lipinski definition) is 0. The molecule has 0 saturated carbocycles. The summed E-state index contributed by atoms with van der Waals surface area (Å²) in [5.74, 6) is -0.623. The molecule has 0 atom stereocenters. The lowest BCUT2D eigenvalue weighted by molar-refractivity contribution is 0.622. The van der Waals surface area contributed by atoms with Gasteiger partial charge in [0.15, 0.2) is 5.82 Å². The van der Waals surface area contributed by atoms with Gasteiger partial charge in [-0.15, -0.1) is 0 Å². The molecule has 0 saturated heterocycles. The predicted molar refractivity (Wildman–Crippen MR) is 45.6 cm³/mol. The van der Waals surface area contributed by atoms with E-state index in [-0.39, 0.29) is 10.6 Å². The predicted octanol–water partition coefficient (Wildman–Crippen LogP) is 2.97. The van der Waals surface area contributed by atoms with Gasteiger partial charge in [0.1, 0.15) is 6.07 Å². The number of hydrogen-bond acceptors (Lipinski definition) is 1. The van der Waals surface area contributed by atoms with E-state index >= 15 is 0 Å². The van der Waals surface area contributed by atoms with Gasteiger partial charge in [-0.3, -0.25) is 0 Å². The van der Waals surface area contributed by atoms with Crippen LogP contribution in [0.25, 0.3) is 0 Å². The van der Waals surface area contributed by atoms with Gasteiger partial charge in [0, 0.05) is 0 Å². The van der Waals surface area contributed by atoms with Gasteiger partial charge in [-0.2, -0.15) is 5.26 Å². The first-order valence-corrected chi connectivity index (χ1v) is 3.81. The van der Waals surface area contributed by atoms with Crippen LogP contribution < -0.4 is 0 Å². The number of halogens is 2. The summed E-state index contributed by atoms with van der Waals surface area (Å²) in [6.45, 7) is 3.49. The Labute approximate surface area is 75.4 Å². The van der Waals surface area contributed by atoms with Crippen molar-refractivity contribution in [1.82, 2.24) is 0 Å². The highest BCUT2D eigenvalue weighted by molar-refractivity contribution is 6.31. The molecule has 0 aromatic heterocycles. The second-order valence-corrected chi connectivity index (χ2v) is 3.01. The van der Waals surface area contributed by atoms with Crippen LogP contribution in [0.2, 0.25) is 5.02 Å². The van der Waals surface area contributed by atoms with Crippen molar-refractivity contribution in [2.75, 3.05) is 0 Å². The van der Waals surface area contributed by atoms with Crippen molar-refractivity contribution in [2.24, 2.45) is 0 Å². The van der Waals surface area contributed by atoms with Crippen molar-refractivity contribution in [3.8, 4) is 6.07 Å². The van der Waals surface area contributed by atoms with E-state index in [9.17, 15) is 4.39 Å². The molecule has 0 aliphatic heterocycles. The minimum atomic E-state index is -0.623. The van der Waals surface area contributed by atoms with Gasteiger partial charge in [0.05, 0.1) is 10.6 Å². The Morgan fingerprint density at radius 3 is 2.58 bits per heavy atom. The number of rotatable bonds is 0. The molecule has 0 heterocycles. The van der Waals surface area contributed by atoms with E-state index < -0.39 is 5.82 Å². The summed E-state index contributed by atoms with van der Waals surface area (Å²) in [6, 6.07) is 3.31. The first-order chi connectivity index (χ1) is 5.57. The maximum absolute atomic E-state index is 13.1. The second kappa shape index (κ2) is 3.12. The van der Waals surface area contributed by atoms with Gasteiger partial charge >= 0.3 is 0 Å². The summed E-state index contributed by atoms with van der Waals surface area (Å²) in [5.41, 5.74) is 1.53. The Morgan fingerprint density at radius 2 is 2.08 bits per heavy atom. The van der Waals surface area contributed by atoms with E-state index in [1.54, 1.807) is 19.9 Å². The molecule has 12 heavy (non-hydrogen) atoms. The largest absolute Gasteiger partial charge is 0.204 e. The van der Waals surface area contributed by atoms with Crippen LogP contribution in [-0.4, -0.2) is 0 Å². The second-order valence-electron chi connectivity index (χ2n) is 2.60. The van der Waals surface area contributed by atoms with Crippen LogP contribution in [0.1, 0.15) is 16.7 Å². The molecule has 3 heteroatoms. The minimum absolute atomic E-state index is 0.00894. The highest BCUT2D eigenvalue weighted by Gasteiger charge is 2.11. The highest BCUT2D eigenvalue weighted by Crippen LogP contribution is 2.23. The number of aryl methyl sites for hydroxylation is 1. The van der Waals surface area contributed by atoms with Crippen LogP contribution in [0.4, 0.5) is 4.39 Å². The quantitative estimate of drug-likeness (QED) is 0.607. The number of benzene rings is 1. The molecule has 0 aliphatic carbocycles. The zero-order valence-corrected chi connectivity index (χ0v) is 7.54. The summed E-state index contributed by atoms with van der Waals surface area (Å²) in [4.78, 5) is 0. The molecule has 1 rings (SSSR count). The standard InChI is InChI=1S/C9H7ClFN/c1-5-3-8(10)9(11)7(4-12)6(5)2/h3H,1-2H3. The molecule has 0 N–H and O–H groups in total. The molecule has 0 fully saturated rings. The normalized spacial score (nSPS) is 9.58. The molecule has 62 valence electrons. The van der Waals surface area contributed by atoms with Crippen molar-refractivity contribution in [3.63, 3.8) is 0 Å². The Morgan fingerprint density at radius 1 is 1.50 bits per heavy atom. The summed E-state index contributed by atoms with van der Waals surface area (Å²) in [6.07, 6.45) is 0. The van der Waals surface area contributed by atoms with Crippen molar-refractivity contribution >= 4 is 11.6 Å². The van der Waals surface area contributed by atoms with E-state index in [2.05, 4.69) is 0 Å². The zero-order chi connectivity index (χ0) is 9.30. The van der Waals surface area contributed by atoms with Crippen molar-refractivity contribution in [2.45, 2.75) is 13.8 Å². The average Bonchev–Trinajstić information content (AvgIpc) is 2.02. The summed E-state index contributed by atoms with van der Waals surface area (Å²) < 4.78 is 13.1. The van der Waals surface area contributed by atoms with Crippen molar-refractivity contribution in [1.29, 1.82) is 5.26 Å². The van der Waals surface area contributed by atoms with Crippen LogP contribution >= 0.6 is 11.6 Å². The van der Waals surface area contributed by atoms with E-state index in [0.29, 0.717) is 5.56 Å². The lowest BCUT2D eigenvalue weighted by Crippen LogP contribution is -1.93. The van der Waals surface area contributed by atoms with E-state index in [1.807, 2.05) is 0 Å². The van der Waals surface area contributed by atoms with Crippen molar-refractivity contribution < 1.29 is 4.39 Å². The van der Waals surface area contributed by atoms with Gasteiger partial charge in [-0.1, -0.05) is 11.6 Å². The van der Waals surface area contributed by atoms with Gasteiger partial charge in [0.25, 0.3) is 0 Å². The van der Waals surface area contributed by atoms with Crippen LogP contribution in [0, 0.1) is 31.0 Å². The van der Waals surface area contributed by atoms with Gasteiger partial charge < -0.3 is 0 Å². The van der Waals surface area contributed by atoms with Gasteiger partial charge in [0.2, 0.25) is 0 Å². The number of nitriles is 1. The fourth-order valence-electron chi connectivity index (χ4n) is 0.976. The summed E-state index contributed by atoms with van der Waals surface area (Å²) in [5, 5.41) is 8.61. The third-order valence-corrected chi connectivity index (χ3v) is 2.13. The molecule has 0 radical (unpaired) electrons. The molecule has 0 unspecified atom stereocenters. The lowest BCUT2D eigenvalue weighted by Gasteiger charge is -2.04. The lowest BCUT2D eigenvalue weighted by atomic mass is 10.0. The summed E-state index contributed by atoms with van der Waals surface area (Å²) >= 11 is 5.54. The Hall–Kier alpha value is -1.07. The highest BCUT2D eigenvalue weighted by atomic mass is 35.5. The first-order valence-electron chi connectivity index (χ1n) is 3.43. The smallest absolute Gasteiger partial charge is 0.159 e. The molecule has 1 nitrogen and oxygen atoms in total. The molecular formula is C9H7ClFN. The third-order valence-electron chi connectivity index (χ3n) is 1.85. The van der Waals surface area contributed by atoms with Crippen LogP contribution in [0.3, 0.4) is 0 Å². The Bertz CT molecular complexity index is 340. The number of nitrogens with zero attached hydrogens (tertiary/aromatic N) is 1. The molecule has 0 spiro atoms. The maximum atomic E-state index is 13.1. The van der Waals surface area contributed by atoms with Crippen LogP contribution in [0.15, 0.2) is 6.07 Å². The molecular weight excluding hydrogens is 177 g/mol. The van der Waals surface area contributed by atoms with E-state index in [4.69, 9.17) is 16.9 Å². The Balaban J connectivity index is 3.56. The maximum Gasteiger partial charge on any atom is 0.159 e. The average molecular weight is 184 g/mol. The fraction of sp³-hybridized carbons (Fsp3) is 0.222. The van der Waals surface area contributed by atoms with Crippen LogP contribution in [0.5, 0.6) is 0 Å². The SMILES string of the molecule is Cc1cc(Cl)c(F)c(C#N)c1C. The first kappa shape index (κ1) is 9.02.